The number of aliphatic hydroxyl groups is 2. The first-order valence-electron chi connectivity index (χ1n) is 8.79. The van der Waals surface area contributed by atoms with Gasteiger partial charge in [-0.3, -0.25) is 19.1 Å². The second kappa shape index (κ2) is 8.94. The van der Waals surface area contributed by atoms with Crippen LogP contribution in [0, 0.1) is 11.3 Å². The van der Waals surface area contributed by atoms with Gasteiger partial charge in [0.2, 0.25) is 0 Å². The lowest BCUT2D eigenvalue weighted by Gasteiger charge is -2.26. The van der Waals surface area contributed by atoms with Crippen molar-refractivity contribution in [3.8, 4) is 6.07 Å². The molecule has 1 saturated heterocycles. The Balaban J connectivity index is 2.07. The van der Waals surface area contributed by atoms with Crippen LogP contribution in [0.15, 0.2) is 21.9 Å². The molecule has 27 heavy (non-hydrogen) atoms. The smallest absolute Gasteiger partial charge is 0.331 e. The Bertz CT molecular complexity index is 812. The predicted octanol–water partition coefficient (Wildman–Crippen LogP) is -0.653. The number of hydrogen-bond acceptors (Lipinski definition) is 8. The van der Waals surface area contributed by atoms with Crippen LogP contribution >= 0.6 is 0 Å². The standard InChI is InChI=1S/C17H23N3O7/c1-2-3-4-5-6-13(22)26-9-11-14(23)15(24)17(10-18,27-11)20-8-7-12(21)19-16(20)25/h7-8,11,14-15,23-24H,2-6,9H2,1H3,(H,19,21,25)/t11-,14-,15-,17-/m1/s1. The lowest BCUT2D eigenvalue weighted by atomic mass is 10.0. The number of carbonyl (C=O) groups excluding carboxylic acids is 1. The molecule has 0 aliphatic carbocycles. The van der Waals surface area contributed by atoms with Gasteiger partial charge in [0.25, 0.3) is 11.3 Å². The molecule has 2 rings (SSSR count). The fourth-order valence-electron chi connectivity index (χ4n) is 2.91. The maximum atomic E-state index is 12.0. The minimum absolute atomic E-state index is 0.216. The van der Waals surface area contributed by atoms with E-state index in [1.165, 1.54) is 0 Å². The fraction of sp³-hybridized carbons (Fsp3) is 0.647. The molecule has 0 unspecified atom stereocenters. The van der Waals surface area contributed by atoms with E-state index in [1.54, 1.807) is 6.07 Å². The van der Waals surface area contributed by atoms with Gasteiger partial charge in [0.05, 0.1) is 0 Å². The second-order valence-electron chi connectivity index (χ2n) is 6.37. The summed E-state index contributed by atoms with van der Waals surface area (Å²) < 4.78 is 11.2. The van der Waals surface area contributed by atoms with Gasteiger partial charge in [-0.25, -0.2) is 4.79 Å². The van der Waals surface area contributed by atoms with Crippen LogP contribution in [-0.2, 0) is 20.0 Å². The number of rotatable bonds is 8. The summed E-state index contributed by atoms with van der Waals surface area (Å²) in [4.78, 5) is 36.9. The summed E-state index contributed by atoms with van der Waals surface area (Å²) in [6.45, 7) is 1.67. The average molecular weight is 381 g/mol. The number of ether oxygens (including phenoxy) is 2. The molecule has 2 heterocycles. The molecule has 3 N–H and O–H groups in total. The van der Waals surface area contributed by atoms with E-state index in [2.05, 4.69) is 6.92 Å². The fourth-order valence-corrected chi connectivity index (χ4v) is 2.91. The van der Waals surface area contributed by atoms with E-state index in [-0.39, 0.29) is 13.0 Å². The Morgan fingerprint density at radius 2 is 2.15 bits per heavy atom. The third-order valence-corrected chi connectivity index (χ3v) is 4.42. The summed E-state index contributed by atoms with van der Waals surface area (Å²) in [7, 11) is 0. The van der Waals surface area contributed by atoms with Crippen LogP contribution in [0.25, 0.3) is 0 Å². The van der Waals surface area contributed by atoms with Crippen LogP contribution in [-0.4, -0.2) is 50.7 Å². The molecular weight excluding hydrogens is 358 g/mol. The molecule has 1 aromatic heterocycles. The van der Waals surface area contributed by atoms with E-state index in [1.807, 2.05) is 4.98 Å². The third-order valence-electron chi connectivity index (χ3n) is 4.42. The molecule has 0 spiro atoms. The van der Waals surface area contributed by atoms with E-state index in [4.69, 9.17) is 9.47 Å². The zero-order chi connectivity index (χ0) is 20.0. The first kappa shape index (κ1) is 20.8. The Morgan fingerprint density at radius 3 is 2.78 bits per heavy atom. The second-order valence-corrected chi connectivity index (χ2v) is 6.37. The molecule has 0 saturated carbocycles. The number of nitriles is 1. The highest BCUT2D eigenvalue weighted by molar-refractivity contribution is 5.69. The van der Waals surface area contributed by atoms with E-state index in [0.29, 0.717) is 11.0 Å². The largest absolute Gasteiger partial charge is 0.463 e. The summed E-state index contributed by atoms with van der Waals surface area (Å²) >= 11 is 0. The number of esters is 1. The van der Waals surface area contributed by atoms with Crippen LogP contribution < -0.4 is 11.2 Å². The first-order chi connectivity index (χ1) is 12.9. The SMILES string of the molecule is CCCCCCC(=O)OC[C@H]1O[C@@](C#N)(n2ccc(=O)[nH]c2=O)[C@H](O)[C@@H]1O. The Hall–Kier alpha value is -2.48. The van der Waals surface area contributed by atoms with Crippen LogP contribution in [0.4, 0.5) is 0 Å². The van der Waals surface area contributed by atoms with Gasteiger partial charge in [-0.1, -0.05) is 26.2 Å². The van der Waals surface area contributed by atoms with Crippen LogP contribution in [0.2, 0.25) is 0 Å². The Morgan fingerprint density at radius 1 is 1.41 bits per heavy atom. The molecule has 1 aliphatic heterocycles. The van der Waals surface area contributed by atoms with Crippen LogP contribution in [0.1, 0.15) is 39.0 Å². The lowest BCUT2D eigenvalue weighted by molar-refractivity contribution is -0.154. The van der Waals surface area contributed by atoms with Gasteiger partial charge in [0.15, 0.2) is 0 Å². The minimum Gasteiger partial charge on any atom is -0.463 e. The summed E-state index contributed by atoms with van der Waals surface area (Å²) in [5.74, 6) is -0.480. The van der Waals surface area contributed by atoms with Crippen molar-refractivity contribution in [1.82, 2.24) is 9.55 Å². The van der Waals surface area contributed by atoms with Crippen molar-refractivity contribution in [3.05, 3.63) is 33.1 Å². The molecule has 10 nitrogen and oxygen atoms in total. The molecule has 0 bridgehead atoms. The Kier molecular flexibility index (Phi) is 6.90. The summed E-state index contributed by atoms with van der Waals surface area (Å²) in [6.07, 6.45) is 0.264. The summed E-state index contributed by atoms with van der Waals surface area (Å²) in [5, 5.41) is 30.0. The van der Waals surface area contributed by atoms with E-state index in [9.17, 15) is 29.9 Å². The number of nitrogens with one attached hydrogen (secondary N) is 1. The highest BCUT2D eigenvalue weighted by atomic mass is 16.6. The molecule has 0 aromatic carbocycles. The van der Waals surface area contributed by atoms with E-state index in [0.717, 1.165) is 31.5 Å². The third kappa shape index (κ3) is 4.44. The van der Waals surface area contributed by atoms with Crippen molar-refractivity contribution >= 4 is 5.97 Å². The van der Waals surface area contributed by atoms with Crippen LogP contribution in [0.3, 0.4) is 0 Å². The predicted molar refractivity (Wildman–Crippen MR) is 91.5 cm³/mol. The average Bonchev–Trinajstić information content (AvgIpc) is 2.89. The first-order valence-corrected chi connectivity index (χ1v) is 8.79. The zero-order valence-electron chi connectivity index (χ0n) is 15.0. The van der Waals surface area contributed by atoms with Crippen LogP contribution in [0.5, 0.6) is 0 Å². The maximum Gasteiger partial charge on any atom is 0.331 e. The number of aromatic amines is 1. The molecule has 1 aromatic rings. The molecule has 10 heteroatoms. The molecule has 1 fully saturated rings. The Labute approximate surface area is 155 Å². The van der Waals surface area contributed by atoms with Gasteiger partial charge in [0, 0.05) is 18.7 Å². The van der Waals surface area contributed by atoms with Gasteiger partial charge in [-0.05, 0) is 6.42 Å². The monoisotopic (exact) mass is 381 g/mol. The topological polar surface area (TPSA) is 155 Å². The van der Waals surface area contributed by atoms with Crippen molar-refractivity contribution in [2.24, 2.45) is 0 Å². The lowest BCUT2D eigenvalue weighted by Crippen LogP contribution is -2.50. The number of aliphatic hydroxyl groups excluding tert-OH is 2. The van der Waals surface area contributed by atoms with E-state index < -0.39 is 41.3 Å². The number of aromatic nitrogens is 2. The molecule has 0 radical (unpaired) electrons. The molecule has 0 amide bonds. The molecule has 4 atom stereocenters. The van der Waals surface area contributed by atoms with Crippen molar-refractivity contribution in [2.75, 3.05) is 6.61 Å². The minimum atomic E-state index is -2.25. The van der Waals surface area contributed by atoms with Gasteiger partial charge in [-0.2, -0.15) is 5.26 Å². The van der Waals surface area contributed by atoms with Crippen molar-refractivity contribution in [3.63, 3.8) is 0 Å². The van der Waals surface area contributed by atoms with Crippen molar-refractivity contribution in [1.29, 1.82) is 5.26 Å². The van der Waals surface area contributed by atoms with E-state index >= 15 is 0 Å². The number of nitrogens with zero attached hydrogens (tertiary/aromatic N) is 2. The molecule has 1 aliphatic rings. The van der Waals surface area contributed by atoms with Crippen molar-refractivity contribution < 1.29 is 24.5 Å². The van der Waals surface area contributed by atoms with Crippen molar-refractivity contribution in [2.45, 2.75) is 63.1 Å². The number of hydrogen-bond donors (Lipinski definition) is 3. The zero-order valence-corrected chi connectivity index (χ0v) is 15.0. The van der Waals surface area contributed by atoms with Gasteiger partial charge in [-0.15, -0.1) is 0 Å². The van der Waals surface area contributed by atoms with Gasteiger partial charge in [0.1, 0.15) is 31.0 Å². The summed E-state index contributed by atoms with van der Waals surface area (Å²) in [6, 6.07) is 2.65. The molecule has 148 valence electrons. The highest BCUT2D eigenvalue weighted by Crippen LogP contribution is 2.34. The number of H-pyrrole nitrogens is 1. The normalized spacial score (nSPS) is 27.3. The molecular formula is C17H23N3O7. The highest BCUT2D eigenvalue weighted by Gasteiger charge is 2.57. The van der Waals surface area contributed by atoms with Gasteiger partial charge < -0.3 is 19.7 Å². The number of carbonyl (C=O) groups is 1. The maximum absolute atomic E-state index is 12.0. The number of unbranched alkanes of at least 4 members (excludes halogenated alkanes) is 3. The summed E-state index contributed by atoms with van der Waals surface area (Å²) in [5.41, 5.74) is -3.92. The quantitative estimate of drug-likeness (QED) is 0.396. The van der Waals surface area contributed by atoms with Gasteiger partial charge >= 0.3 is 11.7 Å².